The number of hydrogen-bond donors (Lipinski definition) is 0. The summed E-state index contributed by atoms with van der Waals surface area (Å²) in [6.45, 7) is 3.92. The van der Waals surface area contributed by atoms with E-state index in [9.17, 15) is 9.59 Å². The second kappa shape index (κ2) is 3.87. The molecule has 0 atom stereocenters. The molecule has 2 nitrogen and oxygen atoms in total. The molecule has 0 saturated carbocycles. The molecule has 0 saturated heterocycles. The molecule has 0 aliphatic heterocycles. The van der Waals surface area contributed by atoms with Crippen molar-refractivity contribution in [3.63, 3.8) is 0 Å². The van der Waals surface area contributed by atoms with E-state index in [2.05, 4.69) is 0 Å². The molecule has 0 unspecified atom stereocenters. The van der Waals surface area contributed by atoms with Crippen LogP contribution in [0.1, 0.15) is 11.1 Å². The van der Waals surface area contributed by atoms with Crippen molar-refractivity contribution >= 4 is 53.6 Å². The summed E-state index contributed by atoms with van der Waals surface area (Å²) in [6, 6.07) is 7.85. The van der Waals surface area contributed by atoms with E-state index in [1.807, 2.05) is 38.1 Å². The summed E-state index contributed by atoms with van der Waals surface area (Å²) in [6.07, 6.45) is 0. The van der Waals surface area contributed by atoms with Gasteiger partial charge in [-0.1, -0.05) is 22.7 Å². The largest absolute Gasteiger partial charge is 0.277 e. The van der Waals surface area contributed by atoms with Crippen molar-refractivity contribution in [3.8, 4) is 0 Å². The molecule has 0 aliphatic rings. The quantitative estimate of drug-likeness (QED) is 0.459. The molecule has 0 bridgehead atoms. The van der Waals surface area contributed by atoms with Crippen LogP contribution in [0.25, 0.3) is 30.9 Å². The Balaban J connectivity index is 2.53. The van der Waals surface area contributed by atoms with Crippen LogP contribution in [0.5, 0.6) is 0 Å². The van der Waals surface area contributed by atoms with Crippen molar-refractivity contribution in [2.24, 2.45) is 0 Å². The Labute approximate surface area is 122 Å². The summed E-state index contributed by atoms with van der Waals surface area (Å²) in [7, 11) is 0. The highest BCUT2D eigenvalue weighted by Crippen LogP contribution is 2.35. The van der Waals surface area contributed by atoms with Gasteiger partial charge in [0.2, 0.25) is 9.48 Å². The molecule has 4 rings (SSSR count). The van der Waals surface area contributed by atoms with E-state index in [0.29, 0.717) is 0 Å². The first-order chi connectivity index (χ1) is 9.54. The molecular formula is C16H10O2S2. The minimum atomic E-state index is 0.0731. The number of aryl methyl sites for hydroxylation is 2. The van der Waals surface area contributed by atoms with Crippen molar-refractivity contribution < 1.29 is 0 Å². The average Bonchev–Trinajstić information content (AvgIpc) is 2.37. The Morgan fingerprint density at radius 1 is 0.700 bits per heavy atom. The van der Waals surface area contributed by atoms with Crippen LogP contribution in [-0.2, 0) is 0 Å². The van der Waals surface area contributed by atoms with Gasteiger partial charge in [-0.05, 0) is 49.2 Å². The molecule has 2 aromatic carbocycles. The first-order valence-electron chi connectivity index (χ1n) is 6.28. The Morgan fingerprint density at radius 3 is 1.50 bits per heavy atom. The van der Waals surface area contributed by atoms with Crippen molar-refractivity contribution in [1.82, 2.24) is 0 Å². The fraction of sp³-hybridized carbons (Fsp3) is 0.125. The maximum Gasteiger partial charge on any atom is 0.240 e. The highest BCUT2D eigenvalue weighted by Gasteiger charge is 2.15. The summed E-state index contributed by atoms with van der Waals surface area (Å²) < 4.78 is 1.97. The third kappa shape index (κ3) is 1.49. The van der Waals surface area contributed by atoms with Crippen molar-refractivity contribution in [3.05, 3.63) is 54.5 Å². The lowest BCUT2D eigenvalue weighted by molar-refractivity contribution is 1.52. The van der Waals surface area contributed by atoms with Gasteiger partial charge in [-0.3, -0.25) is 9.59 Å². The van der Waals surface area contributed by atoms with E-state index in [4.69, 9.17) is 0 Å². The van der Waals surface area contributed by atoms with Crippen LogP contribution < -0.4 is 9.48 Å². The Bertz CT molecular complexity index is 1010. The Morgan fingerprint density at radius 2 is 1.10 bits per heavy atom. The monoisotopic (exact) mass is 298 g/mol. The summed E-state index contributed by atoms with van der Waals surface area (Å²) in [5, 5.41) is 3.38. The first kappa shape index (κ1) is 12.0. The van der Waals surface area contributed by atoms with E-state index in [1.54, 1.807) is 0 Å². The fourth-order valence-corrected chi connectivity index (χ4v) is 4.87. The predicted octanol–water partition coefficient (Wildman–Crippen LogP) is 4.04. The maximum absolute atomic E-state index is 12.3. The molecule has 0 N–H and O–H groups in total. The zero-order chi connectivity index (χ0) is 14.0. The minimum Gasteiger partial charge on any atom is -0.277 e. The number of benzene rings is 2. The van der Waals surface area contributed by atoms with Gasteiger partial charge in [0, 0.05) is 30.9 Å². The number of rotatable bonds is 0. The van der Waals surface area contributed by atoms with Crippen LogP contribution in [0.4, 0.5) is 0 Å². The summed E-state index contributed by atoms with van der Waals surface area (Å²) in [4.78, 5) is 24.7. The van der Waals surface area contributed by atoms with E-state index in [-0.39, 0.29) is 9.48 Å². The molecule has 4 aromatic rings. The van der Waals surface area contributed by atoms with Crippen LogP contribution in [-0.4, -0.2) is 0 Å². The molecule has 2 aromatic heterocycles. The molecule has 0 amide bonds. The van der Waals surface area contributed by atoms with Crippen LogP contribution in [0.2, 0.25) is 0 Å². The second-order valence-electron chi connectivity index (χ2n) is 5.15. The molecule has 0 aliphatic carbocycles. The summed E-state index contributed by atoms with van der Waals surface area (Å²) in [5.74, 6) is 0. The molecular weight excluding hydrogens is 288 g/mol. The standard InChI is InChI=1S/C16H10O2S2/c1-7-3-9-13-11(5-7)19-16(18)10-4-8(2)6-12(14(10)13)20-15(9)17/h3-6H,1-2H3. The van der Waals surface area contributed by atoms with Gasteiger partial charge in [-0.15, -0.1) is 0 Å². The number of hydrogen-bond acceptors (Lipinski definition) is 4. The molecule has 0 spiro atoms. The molecule has 2 heterocycles. The molecule has 0 radical (unpaired) electrons. The van der Waals surface area contributed by atoms with Gasteiger partial charge in [-0.2, -0.15) is 0 Å². The van der Waals surface area contributed by atoms with Crippen molar-refractivity contribution in [2.75, 3.05) is 0 Å². The fourth-order valence-electron chi connectivity index (χ4n) is 2.81. The normalized spacial score (nSPS) is 11.9. The minimum absolute atomic E-state index is 0.0731. The lowest BCUT2D eigenvalue weighted by Crippen LogP contribution is -2.02. The van der Waals surface area contributed by atoms with Crippen LogP contribution >= 0.6 is 22.7 Å². The zero-order valence-electron chi connectivity index (χ0n) is 10.9. The SMILES string of the molecule is Cc1cc2sc(=O)c3cc(C)cc4sc(=O)c(c1)c2c43. The van der Waals surface area contributed by atoms with Gasteiger partial charge >= 0.3 is 0 Å². The predicted molar refractivity (Wildman–Crippen MR) is 87.9 cm³/mol. The van der Waals surface area contributed by atoms with Gasteiger partial charge in [-0.25, -0.2) is 0 Å². The van der Waals surface area contributed by atoms with E-state index >= 15 is 0 Å². The maximum atomic E-state index is 12.3. The van der Waals surface area contributed by atoms with Gasteiger partial charge in [0.25, 0.3) is 0 Å². The van der Waals surface area contributed by atoms with Gasteiger partial charge in [0.05, 0.1) is 0 Å². The van der Waals surface area contributed by atoms with Gasteiger partial charge in [0.15, 0.2) is 0 Å². The summed E-state index contributed by atoms with van der Waals surface area (Å²) in [5.41, 5.74) is 2.04. The molecule has 20 heavy (non-hydrogen) atoms. The van der Waals surface area contributed by atoms with Crippen molar-refractivity contribution in [1.29, 1.82) is 0 Å². The smallest absolute Gasteiger partial charge is 0.240 e. The van der Waals surface area contributed by atoms with Crippen molar-refractivity contribution in [2.45, 2.75) is 13.8 Å². The van der Waals surface area contributed by atoms with Crippen LogP contribution in [0.3, 0.4) is 0 Å². The molecule has 98 valence electrons. The highest BCUT2D eigenvalue weighted by atomic mass is 32.1. The second-order valence-corrected chi connectivity index (χ2v) is 7.18. The third-order valence-electron chi connectivity index (χ3n) is 3.59. The summed E-state index contributed by atoms with van der Waals surface area (Å²) >= 11 is 2.47. The van der Waals surface area contributed by atoms with E-state index in [0.717, 1.165) is 42.1 Å². The lowest BCUT2D eigenvalue weighted by atomic mass is 10.0. The molecule has 0 fully saturated rings. The highest BCUT2D eigenvalue weighted by molar-refractivity contribution is 7.19. The van der Waals surface area contributed by atoms with Crippen LogP contribution in [0.15, 0.2) is 33.9 Å². The van der Waals surface area contributed by atoms with Crippen LogP contribution in [0, 0.1) is 13.8 Å². The third-order valence-corrected chi connectivity index (χ3v) is 5.48. The lowest BCUT2D eigenvalue weighted by Gasteiger charge is -2.09. The average molecular weight is 298 g/mol. The van der Waals surface area contributed by atoms with E-state index in [1.165, 1.54) is 22.7 Å². The first-order valence-corrected chi connectivity index (χ1v) is 7.92. The zero-order valence-corrected chi connectivity index (χ0v) is 12.6. The van der Waals surface area contributed by atoms with Gasteiger partial charge < -0.3 is 0 Å². The topological polar surface area (TPSA) is 34.1 Å². The molecule has 4 heteroatoms. The van der Waals surface area contributed by atoms with E-state index < -0.39 is 0 Å². The Kier molecular flexibility index (Phi) is 2.32. The van der Waals surface area contributed by atoms with Gasteiger partial charge in [0.1, 0.15) is 0 Å². The Hall–Kier alpha value is -1.78.